The average Bonchev–Trinajstić information content (AvgIpc) is 3.11. The monoisotopic (exact) mass is 493 g/mol. The van der Waals surface area contributed by atoms with Gasteiger partial charge in [0.05, 0.1) is 0 Å². The molecule has 0 bridgehead atoms. The van der Waals surface area contributed by atoms with Gasteiger partial charge in [-0.1, -0.05) is 50.2 Å². The normalized spacial score (nSPS) is 11.6. The van der Waals surface area contributed by atoms with E-state index in [1.165, 1.54) is 0 Å². The molecule has 0 aliphatic rings. The number of hydrogen-bond acceptors (Lipinski definition) is 5. The molecule has 8 heteroatoms. The Hall–Kier alpha value is -2.62. The van der Waals surface area contributed by atoms with Crippen molar-refractivity contribution in [3.63, 3.8) is 0 Å². The van der Waals surface area contributed by atoms with Crippen molar-refractivity contribution >= 4 is 35.6 Å². The molecule has 28 heavy (non-hydrogen) atoms. The number of nitrogens with zero attached hydrogens (tertiary/aromatic N) is 3. The van der Waals surface area contributed by atoms with Gasteiger partial charge in [-0.2, -0.15) is 4.98 Å². The second kappa shape index (κ2) is 9.54. The Morgan fingerprint density at radius 1 is 1.11 bits per heavy atom. The van der Waals surface area contributed by atoms with Gasteiger partial charge >= 0.3 is 0 Å². The zero-order valence-corrected chi connectivity index (χ0v) is 18.4. The number of halogens is 1. The van der Waals surface area contributed by atoms with Gasteiger partial charge in [0.25, 0.3) is 0 Å². The lowest BCUT2D eigenvalue weighted by atomic mass is 9.97. The van der Waals surface area contributed by atoms with Crippen LogP contribution in [-0.4, -0.2) is 16.1 Å². The van der Waals surface area contributed by atoms with Crippen molar-refractivity contribution in [3.05, 3.63) is 66.3 Å². The number of ether oxygens (including phenoxy) is 1. The summed E-state index contributed by atoms with van der Waals surface area (Å²) in [5, 5.41) is 6.96. The standard InChI is InChI=1S/C20H23N5O2.HI/c1-20(2,3)18-24-17(25-27-18)13-22-19(21)23-14-8-7-11-16(12-14)26-15-9-5-4-6-10-15;/h4-12H,13H2,1-3H3,(H3,21,22,23);1H. The van der Waals surface area contributed by atoms with Crippen LogP contribution in [0.3, 0.4) is 0 Å². The lowest BCUT2D eigenvalue weighted by Crippen LogP contribution is -2.22. The molecule has 0 saturated carbocycles. The highest BCUT2D eigenvalue weighted by molar-refractivity contribution is 14.0. The second-order valence-corrected chi connectivity index (χ2v) is 7.04. The van der Waals surface area contributed by atoms with E-state index in [0.717, 1.165) is 11.4 Å². The van der Waals surface area contributed by atoms with Gasteiger partial charge in [0.15, 0.2) is 11.8 Å². The number of para-hydroxylation sites is 1. The lowest BCUT2D eigenvalue weighted by Gasteiger charge is -2.10. The van der Waals surface area contributed by atoms with Gasteiger partial charge in [-0.25, -0.2) is 4.99 Å². The molecule has 0 amide bonds. The Balaban J connectivity index is 0.00000280. The number of aliphatic imine (C=N–C) groups is 1. The van der Waals surface area contributed by atoms with Crippen LogP contribution in [0.4, 0.5) is 5.69 Å². The first kappa shape index (κ1) is 21.7. The van der Waals surface area contributed by atoms with Crippen molar-refractivity contribution in [3.8, 4) is 11.5 Å². The number of guanidine groups is 1. The van der Waals surface area contributed by atoms with E-state index in [4.69, 9.17) is 15.0 Å². The number of nitrogens with one attached hydrogen (secondary N) is 1. The molecular weight excluding hydrogens is 469 g/mol. The predicted molar refractivity (Wildman–Crippen MR) is 120 cm³/mol. The van der Waals surface area contributed by atoms with Crippen molar-refractivity contribution in [1.82, 2.24) is 10.1 Å². The highest BCUT2D eigenvalue weighted by Crippen LogP contribution is 2.24. The quantitative estimate of drug-likeness (QED) is 0.304. The van der Waals surface area contributed by atoms with Crippen molar-refractivity contribution in [1.29, 1.82) is 0 Å². The SMILES string of the molecule is CC(C)(C)c1nc(CN=C(N)Nc2cccc(Oc3ccccc3)c2)no1.I. The summed E-state index contributed by atoms with van der Waals surface area (Å²) in [6, 6.07) is 17.1. The molecule has 3 aromatic rings. The van der Waals surface area contributed by atoms with Crippen LogP contribution in [0.1, 0.15) is 32.5 Å². The summed E-state index contributed by atoms with van der Waals surface area (Å²) in [6.07, 6.45) is 0. The van der Waals surface area contributed by atoms with Crippen LogP contribution in [0.5, 0.6) is 11.5 Å². The molecule has 1 heterocycles. The summed E-state index contributed by atoms with van der Waals surface area (Å²) < 4.78 is 11.1. The van der Waals surface area contributed by atoms with Crippen LogP contribution < -0.4 is 15.8 Å². The third kappa shape index (κ3) is 6.22. The molecule has 0 aliphatic carbocycles. The van der Waals surface area contributed by atoms with Crippen LogP contribution in [0, 0.1) is 0 Å². The Kier molecular flexibility index (Phi) is 7.38. The molecule has 0 saturated heterocycles. The smallest absolute Gasteiger partial charge is 0.232 e. The van der Waals surface area contributed by atoms with Crippen LogP contribution in [0.15, 0.2) is 64.1 Å². The number of anilines is 1. The van der Waals surface area contributed by atoms with Gasteiger partial charge in [-0.3, -0.25) is 0 Å². The van der Waals surface area contributed by atoms with E-state index in [9.17, 15) is 0 Å². The van der Waals surface area contributed by atoms with Crippen molar-refractivity contribution in [2.75, 3.05) is 5.32 Å². The number of rotatable bonds is 5. The lowest BCUT2D eigenvalue weighted by molar-refractivity contribution is 0.318. The largest absolute Gasteiger partial charge is 0.457 e. The number of nitrogens with two attached hydrogens (primary N) is 1. The molecule has 0 radical (unpaired) electrons. The van der Waals surface area contributed by atoms with E-state index < -0.39 is 0 Å². The summed E-state index contributed by atoms with van der Waals surface area (Å²) in [5.41, 5.74) is 6.54. The number of aromatic nitrogens is 2. The predicted octanol–water partition coefficient (Wildman–Crippen LogP) is 4.70. The van der Waals surface area contributed by atoms with E-state index in [2.05, 4.69) is 20.4 Å². The van der Waals surface area contributed by atoms with Crippen molar-refractivity contribution in [2.24, 2.45) is 10.7 Å². The van der Waals surface area contributed by atoms with Gasteiger partial charge in [-0.15, -0.1) is 24.0 Å². The summed E-state index contributed by atoms with van der Waals surface area (Å²) >= 11 is 0. The molecule has 0 fully saturated rings. The highest BCUT2D eigenvalue weighted by atomic mass is 127. The molecule has 2 aromatic carbocycles. The molecule has 0 atom stereocenters. The van der Waals surface area contributed by atoms with E-state index >= 15 is 0 Å². The van der Waals surface area contributed by atoms with Crippen molar-refractivity contribution < 1.29 is 9.26 Å². The molecular formula is C20H24IN5O2. The summed E-state index contributed by atoms with van der Waals surface area (Å²) in [7, 11) is 0. The third-order valence-electron chi connectivity index (χ3n) is 3.59. The fourth-order valence-corrected chi connectivity index (χ4v) is 2.23. The molecule has 3 rings (SSSR count). The van der Waals surface area contributed by atoms with E-state index in [-0.39, 0.29) is 41.9 Å². The fraction of sp³-hybridized carbons (Fsp3) is 0.250. The first-order valence-corrected chi connectivity index (χ1v) is 8.63. The van der Waals surface area contributed by atoms with Gasteiger partial charge in [0.2, 0.25) is 5.89 Å². The van der Waals surface area contributed by atoms with Crippen LogP contribution in [0.2, 0.25) is 0 Å². The Bertz CT molecular complexity index is 920. The summed E-state index contributed by atoms with van der Waals surface area (Å²) in [6.45, 7) is 6.26. The molecule has 7 nitrogen and oxygen atoms in total. The molecule has 0 aliphatic heterocycles. The summed E-state index contributed by atoms with van der Waals surface area (Å²) in [5.74, 6) is 2.79. The van der Waals surface area contributed by atoms with Crippen molar-refractivity contribution in [2.45, 2.75) is 32.7 Å². The maximum absolute atomic E-state index is 5.96. The first-order valence-electron chi connectivity index (χ1n) is 8.63. The molecule has 0 spiro atoms. The van der Waals surface area contributed by atoms with Crippen LogP contribution in [-0.2, 0) is 12.0 Å². The molecule has 3 N–H and O–H groups in total. The molecule has 1 aromatic heterocycles. The third-order valence-corrected chi connectivity index (χ3v) is 3.59. The van der Waals surface area contributed by atoms with Crippen LogP contribution >= 0.6 is 24.0 Å². The fourth-order valence-electron chi connectivity index (χ4n) is 2.23. The zero-order chi connectivity index (χ0) is 19.3. The minimum Gasteiger partial charge on any atom is -0.457 e. The van der Waals surface area contributed by atoms with E-state index in [1.807, 2.05) is 75.4 Å². The Morgan fingerprint density at radius 3 is 2.50 bits per heavy atom. The van der Waals surface area contributed by atoms with Crippen LogP contribution in [0.25, 0.3) is 0 Å². The first-order chi connectivity index (χ1) is 12.9. The highest BCUT2D eigenvalue weighted by Gasteiger charge is 2.21. The minimum atomic E-state index is -0.196. The summed E-state index contributed by atoms with van der Waals surface area (Å²) in [4.78, 5) is 8.59. The number of benzene rings is 2. The maximum Gasteiger partial charge on any atom is 0.232 e. The second-order valence-electron chi connectivity index (χ2n) is 7.04. The maximum atomic E-state index is 5.96. The minimum absolute atomic E-state index is 0. The Labute approximate surface area is 181 Å². The molecule has 148 valence electrons. The van der Waals surface area contributed by atoms with E-state index in [1.54, 1.807) is 0 Å². The van der Waals surface area contributed by atoms with E-state index in [0.29, 0.717) is 17.5 Å². The Morgan fingerprint density at radius 2 is 1.82 bits per heavy atom. The topological polar surface area (TPSA) is 98.6 Å². The number of hydrogen-bond donors (Lipinski definition) is 2. The van der Waals surface area contributed by atoms with Gasteiger partial charge < -0.3 is 20.3 Å². The molecule has 0 unspecified atom stereocenters. The average molecular weight is 493 g/mol. The van der Waals surface area contributed by atoms with Gasteiger partial charge in [0, 0.05) is 17.2 Å². The van der Waals surface area contributed by atoms with Gasteiger partial charge in [-0.05, 0) is 24.3 Å². The van der Waals surface area contributed by atoms with Gasteiger partial charge in [0.1, 0.15) is 18.0 Å². The zero-order valence-electron chi connectivity index (χ0n) is 16.0.